The van der Waals surface area contributed by atoms with Crippen molar-refractivity contribution in [1.29, 1.82) is 0 Å². The van der Waals surface area contributed by atoms with Crippen LogP contribution in [-0.2, 0) is 35.2 Å². The fraction of sp³-hybridized carbons (Fsp3) is 0.683. The second-order valence-corrected chi connectivity index (χ2v) is 17.7. The SMILES string of the molecule is CCC[C@H](NC(=O)[C@@H]1C[C@]2(C=C(c3ccc4c(c3)CCC(C)(C)O4)NO2)CN1C(=O)[C@@H](NC(=O)CC1CCCCC1)C(C)(C)C)C(=O)C(=O)NC1CC1. The van der Waals surface area contributed by atoms with Crippen molar-refractivity contribution < 1.29 is 33.5 Å². The van der Waals surface area contributed by atoms with Crippen LogP contribution in [-0.4, -0.2) is 76.2 Å². The standard InChI is InChI=1S/C41H59N5O7/c1-7-11-29(34(48)37(50)42-28-15-16-28)43-36(49)31-23-41(22-30(45-53-41)26-14-17-32-27(21-26)18-19-40(5,6)52-32)24-46(31)38(51)35(39(2,3)4)44-33(47)20-25-12-9-8-10-13-25/h14,17,21-22,25,28-29,31,35,45H,7-13,15-16,18-20,23-24H2,1-6H3,(H,42,50)(H,43,49)(H,44,47)/t29-,31-,35+,41+/m0/s1. The van der Waals surface area contributed by atoms with Gasteiger partial charge in [0.05, 0.1) is 18.3 Å². The molecule has 0 radical (unpaired) electrons. The Morgan fingerprint density at radius 3 is 2.43 bits per heavy atom. The molecule has 4 N–H and O–H groups in total. The van der Waals surface area contributed by atoms with Crippen LogP contribution in [0.15, 0.2) is 24.3 Å². The molecule has 3 heterocycles. The van der Waals surface area contributed by atoms with Crippen molar-refractivity contribution in [2.75, 3.05) is 6.54 Å². The van der Waals surface area contributed by atoms with Crippen molar-refractivity contribution in [3.63, 3.8) is 0 Å². The van der Waals surface area contributed by atoms with Crippen molar-refractivity contribution in [2.45, 2.75) is 160 Å². The monoisotopic (exact) mass is 733 g/mol. The zero-order chi connectivity index (χ0) is 38.1. The number of hydroxylamine groups is 1. The molecule has 3 aliphatic heterocycles. The van der Waals surface area contributed by atoms with E-state index in [1.54, 1.807) is 0 Å². The Bertz CT molecular complexity index is 1620. The van der Waals surface area contributed by atoms with Gasteiger partial charge in [0.15, 0.2) is 0 Å². The molecular formula is C41H59N5O7. The quantitative estimate of drug-likeness (QED) is 0.227. The summed E-state index contributed by atoms with van der Waals surface area (Å²) >= 11 is 0. The van der Waals surface area contributed by atoms with E-state index in [0.29, 0.717) is 18.8 Å². The Morgan fingerprint density at radius 1 is 1.02 bits per heavy atom. The maximum atomic E-state index is 14.7. The highest BCUT2D eigenvalue weighted by molar-refractivity contribution is 6.38. The summed E-state index contributed by atoms with van der Waals surface area (Å²) in [5.74, 6) is -1.35. The van der Waals surface area contributed by atoms with Crippen molar-refractivity contribution >= 4 is 35.1 Å². The van der Waals surface area contributed by atoms with E-state index in [0.717, 1.165) is 73.9 Å². The lowest BCUT2D eigenvalue weighted by Gasteiger charge is -2.36. The largest absolute Gasteiger partial charge is 0.488 e. The highest BCUT2D eigenvalue weighted by Gasteiger charge is 2.54. The van der Waals surface area contributed by atoms with Gasteiger partial charge in [0.1, 0.15) is 29.0 Å². The van der Waals surface area contributed by atoms with Crippen LogP contribution in [0.5, 0.6) is 5.75 Å². The van der Waals surface area contributed by atoms with E-state index in [1.807, 2.05) is 45.9 Å². The smallest absolute Gasteiger partial charge is 0.289 e. The van der Waals surface area contributed by atoms with Crippen molar-refractivity contribution in [3.05, 3.63) is 35.4 Å². The molecule has 2 aliphatic carbocycles. The van der Waals surface area contributed by atoms with Crippen LogP contribution in [0, 0.1) is 11.3 Å². The Morgan fingerprint density at radius 2 is 1.75 bits per heavy atom. The van der Waals surface area contributed by atoms with Crippen LogP contribution in [0.3, 0.4) is 0 Å². The second-order valence-electron chi connectivity index (χ2n) is 17.7. The predicted octanol–water partition coefficient (Wildman–Crippen LogP) is 4.64. The van der Waals surface area contributed by atoms with Crippen LogP contribution >= 0.6 is 0 Å². The number of nitrogens with one attached hydrogen (secondary N) is 4. The molecule has 6 rings (SSSR count). The summed E-state index contributed by atoms with van der Waals surface area (Å²) in [6, 6.07) is 3.03. The van der Waals surface area contributed by atoms with Gasteiger partial charge in [-0.1, -0.05) is 53.4 Å². The van der Waals surface area contributed by atoms with E-state index < -0.39 is 52.6 Å². The van der Waals surface area contributed by atoms with E-state index in [4.69, 9.17) is 9.57 Å². The number of amides is 4. The molecule has 1 spiro atoms. The number of fused-ring (bicyclic) bond motifs is 1. The molecule has 1 aromatic carbocycles. The maximum absolute atomic E-state index is 14.7. The molecule has 1 saturated heterocycles. The van der Waals surface area contributed by atoms with Gasteiger partial charge in [0, 0.05) is 24.4 Å². The molecule has 0 unspecified atom stereocenters. The minimum atomic E-state index is -1.07. The molecule has 4 atom stereocenters. The molecule has 4 amide bonds. The number of benzene rings is 1. The van der Waals surface area contributed by atoms with Gasteiger partial charge < -0.3 is 25.6 Å². The van der Waals surface area contributed by atoms with Gasteiger partial charge in [-0.2, -0.15) is 0 Å². The molecule has 290 valence electrons. The summed E-state index contributed by atoms with van der Waals surface area (Å²) in [6.07, 6.45) is 12.1. The molecule has 0 aromatic heterocycles. The summed E-state index contributed by atoms with van der Waals surface area (Å²) in [4.78, 5) is 76.2. The average molecular weight is 734 g/mol. The number of hydrogen-bond acceptors (Lipinski definition) is 8. The number of Topliss-reactive ketones (excluding diaryl/α,β-unsaturated/α-hetero) is 1. The number of nitrogens with zero attached hydrogens (tertiary/aromatic N) is 1. The number of hydrogen-bond donors (Lipinski definition) is 4. The maximum Gasteiger partial charge on any atom is 0.289 e. The first-order valence-electron chi connectivity index (χ1n) is 19.8. The van der Waals surface area contributed by atoms with E-state index in [9.17, 15) is 24.0 Å². The Labute approximate surface area is 313 Å². The van der Waals surface area contributed by atoms with Gasteiger partial charge in [0.25, 0.3) is 5.91 Å². The van der Waals surface area contributed by atoms with E-state index in [2.05, 4.69) is 41.3 Å². The molecule has 53 heavy (non-hydrogen) atoms. The highest BCUT2D eigenvalue weighted by atomic mass is 16.7. The topological polar surface area (TPSA) is 155 Å². The number of carbonyl (C=O) groups excluding carboxylic acids is 5. The first kappa shape index (κ1) is 38.8. The second kappa shape index (κ2) is 15.4. The van der Waals surface area contributed by atoms with E-state index >= 15 is 0 Å². The van der Waals surface area contributed by atoms with Crippen LogP contribution in [0.4, 0.5) is 0 Å². The Kier molecular flexibility index (Phi) is 11.3. The fourth-order valence-corrected chi connectivity index (χ4v) is 8.15. The van der Waals surface area contributed by atoms with Crippen molar-refractivity contribution in [3.8, 4) is 5.75 Å². The van der Waals surface area contributed by atoms with E-state index in [-0.39, 0.29) is 36.9 Å². The molecular weight excluding hydrogens is 674 g/mol. The van der Waals surface area contributed by atoms with Gasteiger partial charge >= 0.3 is 0 Å². The first-order chi connectivity index (χ1) is 25.1. The summed E-state index contributed by atoms with van der Waals surface area (Å²) in [5, 5.41) is 8.63. The molecule has 2 saturated carbocycles. The van der Waals surface area contributed by atoms with Crippen molar-refractivity contribution in [1.82, 2.24) is 26.3 Å². The highest BCUT2D eigenvalue weighted by Crippen LogP contribution is 2.41. The third kappa shape index (κ3) is 9.24. The zero-order valence-corrected chi connectivity index (χ0v) is 32.4. The summed E-state index contributed by atoms with van der Waals surface area (Å²) in [5.41, 5.74) is 3.82. The number of rotatable bonds is 12. The number of carbonyl (C=O) groups is 5. The predicted molar refractivity (Wildman–Crippen MR) is 200 cm³/mol. The third-order valence-electron chi connectivity index (χ3n) is 11.4. The lowest BCUT2D eigenvalue weighted by atomic mass is 9.84. The third-order valence-corrected chi connectivity index (χ3v) is 11.4. The Balaban J connectivity index is 1.26. The van der Waals surface area contributed by atoms with Gasteiger partial charge in [-0.25, -0.2) is 0 Å². The molecule has 5 aliphatic rings. The van der Waals surface area contributed by atoms with E-state index in [1.165, 1.54) is 11.3 Å². The number of ketones is 1. The Hall–Kier alpha value is -3.93. The van der Waals surface area contributed by atoms with Gasteiger partial charge in [-0.05, 0) is 100.0 Å². The normalized spacial score (nSPS) is 25.0. The lowest BCUT2D eigenvalue weighted by Crippen LogP contribution is -2.59. The van der Waals surface area contributed by atoms with Crippen LogP contribution in [0.25, 0.3) is 5.70 Å². The van der Waals surface area contributed by atoms with Gasteiger partial charge in [-0.15, -0.1) is 0 Å². The van der Waals surface area contributed by atoms with Gasteiger partial charge in [-0.3, -0.25) is 34.3 Å². The van der Waals surface area contributed by atoms with Crippen LogP contribution < -0.4 is 26.2 Å². The summed E-state index contributed by atoms with van der Waals surface area (Å²) in [7, 11) is 0. The molecule has 3 fully saturated rings. The first-order valence-corrected chi connectivity index (χ1v) is 19.8. The molecule has 12 heteroatoms. The fourth-order valence-electron chi connectivity index (χ4n) is 8.15. The number of aryl methyl sites for hydroxylation is 1. The van der Waals surface area contributed by atoms with Gasteiger partial charge in [0.2, 0.25) is 23.5 Å². The number of likely N-dealkylation sites (tertiary alicyclic amines) is 1. The number of ether oxygens (including phenoxy) is 1. The lowest BCUT2D eigenvalue weighted by molar-refractivity contribution is -0.145. The van der Waals surface area contributed by atoms with Crippen molar-refractivity contribution in [2.24, 2.45) is 11.3 Å². The average Bonchev–Trinajstić information content (AvgIpc) is 3.70. The molecule has 0 bridgehead atoms. The summed E-state index contributed by atoms with van der Waals surface area (Å²) in [6.45, 7) is 11.8. The molecule has 1 aromatic rings. The zero-order valence-electron chi connectivity index (χ0n) is 32.4. The summed E-state index contributed by atoms with van der Waals surface area (Å²) < 4.78 is 6.19. The minimum Gasteiger partial charge on any atom is -0.488 e. The minimum absolute atomic E-state index is 0.00243. The molecule has 12 nitrogen and oxygen atoms in total. The van der Waals surface area contributed by atoms with Crippen LogP contribution in [0.1, 0.15) is 130 Å². The van der Waals surface area contributed by atoms with Crippen LogP contribution in [0.2, 0.25) is 0 Å².